The van der Waals surface area contributed by atoms with Crippen LogP contribution in [0.3, 0.4) is 0 Å². The van der Waals surface area contributed by atoms with Crippen LogP contribution in [0.2, 0.25) is 0 Å². The molecule has 0 fully saturated rings. The molecule has 18 heavy (non-hydrogen) atoms. The summed E-state index contributed by atoms with van der Waals surface area (Å²) < 4.78 is 9.29. The Kier molecular flexibility index (Phi) is 4.15. The summed E-state index contributed by atoms with van der Waals surface area (Å²) in [5, 5.41) is 14.5. The number of hydrogen-bond donors (Lipinski definition) is 1. The molecule has 7 heteroatoms. The van der Waals surface area contributed by atoms with Crippen molar-refractivity contribution in [2.75, 3.05) is 13.7 Å². The minimum atomic E-state index is -0.806. The normalized spacial score (nSPS) is 12.9. The number of methoxy groups -OCH3 is 1. The first-order valence-electron chi connectivity index (χ1n) is 5.49. The molecule has 98 valence electrons. The van der Waals surface area contributed by atoms with Crippen molar-refractivity contribution in [3.63, 3.8) is 0 Å². The van der Waals surface area contributed by atoms with Crippen molar-refractivity contribution in [2.45, 2.75) is 12.6 Å². The maximum absolute atomic E-state index is 10.3. The maximum atomic E-state index is 10.3. The van der Waals surface area contributed by atoms with E-state index in [0.29, 0.717) is 24.5 Å². The Hall–Kier alpha value is -1.18. The van der Waals surface area contributed by atoms with Gasteiger partial charge in [-0.05, 0) is 15.9 Å². The molecule has 2 heterocycles. The minimum Gasteiger partial charge on any atom is -0.383 e. The molecule has 0 saturated heterocycles. The van der Waals surface area contributed by atoms with Crippen LogP contribution in [-0.4, -0.2) is 38.2 Å². The zero-order valence-corrected chi connectivity index (χ0v) is 11.8. The molecular formula is C11H15BrN4O2. The lowest BCUT2D eigenvalue weighted by molar-refractivity contribution is 0.170. The van der Waals surface area contributed by atoms with Crippen LogP contribution < -0.4 is 0 Å². The Morgan fingerprint density at radius 2 is 2.33 bits per heavy atom. The van der Waals surface area contributed by atoms with Crippen molar-refractivity contribution in [1.82, 2.24) is 19.3 Å². The van der Waals surface area contributed by atoms with Crippen molar-refractivity contribution in [3.8, 4) is 0 Å². The topological polar surface area (TPSA) is 65.1 Å². The molecule has 0 amide bonds. The summed E-state index contributed by atoms with van der Waals surface area (Å²) >= 11 is 3.40. The van der Waals surface area contributed by atoms with E-state index in [-0.39, 0.29) is 0 Å². The van der Waals surface area contributed by atoms with Gasteiger partial charge in [0.05, 0.1) is 41.5 Å². The third-order valence-corrected chi connectivity index (χ3v) is 3.22. The summed E-state index contributed by atoms with van der Waals surface area (Å²) in [5.41, 5.74) is 1.28. The molecule has 2 aromatic heterocycles. The Balaban J connectivity index is 2.28. The van der Waals surface area contributed by atoms with Gasteiger partial charge in [0.1, 0.15) is 6.10 Å². The molecule has 2 rings (SSSR count). The van der Waals surface area contributed by atoms with Gasteiger partial charge in [0, 0.05) is 20.4 Å². The first kappa shape index (κ1) is 13.3. The van der Waals surface area contributed by atoms with Crippen molar-refractivity contribution in [1.29, 1.82) is 0 Å². The van der Waals surface area contributed by atoms with E-state index in [1.807, 2.05) is 7.05 Å². The number of aliphatic hydroxyl groups excluding tert-OH is 1. The number of aliphatic hydroxyl groups is 1. The zero-order valence-electron chi connectivity index (χ0n) is 10.2. The van der Waals surface area contributed by atoms with Crippen LogP contribution in [0, 0.1) is 0 Å². The van der Waals surface area contributed by atoms with Crippen LogP contribution in [0.15, 0.2) is 23.2 Å². The second-order valence-electron chi connectivity index (χ2n) is 3.96. The van der Waals surface area contributed by atoms with E-state index in [1.165, 1.54) is 0 Å². The van der Waals surface area contributed by atoms with Crippen molar-refractivity contribution in [2.24, 2.45) is 7.05 Å². The average molecular weight is 315 g/mol. The monoisotopic (exact) mass is 314 g/mol. The molecule has 0 aliphatic heterocycles. The van der Waals surface area contributed by atoms with Crippen LogP contribution in [0.4, 0.5) is 0 Å². The van der Waals surface area contributed by atoms with Gasteiger partial charge in [0.2, 0.25) is 0 Å². The van der Waals surface area contributed by atoms with Crippen LogP contribution in [0.25, 0.3) is 0 Å². The molecule has 0 aliphatic carbocycles. The Labute approximate surface area is 113 Å². The van der Waals surface area contributed by atoms with E-state index >= 15 is 0 Å². The van der Waals surface area contributed by atoms with Gasteiger partial charge in [0.25, 0.3) is 0 Å². The van der Waals surface area contributed by atoms with Crippen LogP contribution in [0.1, 0.15) is 17.5 Å². The van der Waals surface area contributed by atoms with E-state index in [0.717, 1.165) is 4.47 Å². The van der Waals surface area contributed by atoms with E-state index in [4.69, 9.17) is 4.74 Å². The lowest BCUT2D eigenvalue weighted by atomic mass is 10.2. The Bertz CT molecular complexity index is 523. The second-order valence-corrected chi connectivity index (χ2v) is 4.81. The summed E-state index contributed by atoms with van der Waals surface area (Å²) in [6.45, 7) is 1.12. The summed E-state index contributed by atoms with van der Waals surface area (Å²) in [4.78, 5) is 4.15. The highest BCUT2D eigenvalue weighted by atomic mass is 79.9. The summed E-state index contributed by atoms with van der Waals surface area (Å²) in [5.74, 6) is 0. The fraction of sp³-hybridized carbons (Fsp3) is 0.455. The van der Waals surface area contributed by atoms with Gasteiger partial charge in [-0.2, -0.15) is 5.10 Å². The molecule has 1 N–H and O–H groups in total. The Morgan fingerprint density at radius 3 is 2.94 bits per heavy atom. The van der Waals surface area contributed by atoms with Gasteiger partial charge in [-0.3, -0.25) is 4.68 Å². The highest BCUT2D eigenvalue weighted by molar-refractivity contribution is 9.10. The van der Waals surface area contributed by atoms with Crippen molar-refractivity contribution >= 4 is 15.9 Å². The molecule has 0 radical (unpaired) electrons. The van der Waals surface area contributed by atoms with Gasteiger partial charge in [-0.1, -0.05) is 0 Å². The number of hydrogen-bond acceptors (Lipinski definition) is 4. The minimum absolute atomic E-state index is 0.538. The molecule has 0 aliphatic rings. The lowest BCUT2D eigenvalue weighted by Crippen LogP contribution is -2.13. The van der Waals surface area contributed by atoms with Gasteiger partial charge in [0.15, 0.2) is 0 Å². The third-order valence-electron chi connectivity index (χ3n) is 2.60. The fourth-order valence-electron chi connectivity index (χ4n) is 1.71. The third kappa shape index (κ3) is 2.63. The standard InChI is InChI=1S/C11H15BrN4O2/c1-15-6-9(13-7-15)11(17)10-8(12)5-14-16(10)3-4-18-2/h5-7,11,17H,3-4H2,1-2H3. The molecule has 1 atom stereocenters. The highest BCUT2D eigenvalue weighted by Crippen LogP contribution is 2.27. The second kappa shape index (κ2) is 5.64. The smallest absolute Gasteiger partial charge is 0.140 e. The average Bonchev–Trinajstić information content (AvgIpc) is 2.92. The number of aryl methyl sites for hydroxylation is 1. The largest absolute Gasteiger partial charge is 0.383 e. The van der Waals surface area contributed by atoms with E-state index < -0.39 is 6.10 Å². The van der Waals surface area contributed by atoms with E-state index in [1.54, 1.807) is 35.1 Å². The van der Waals surface area contributed by atoms with E-state index in [9.17, 15) is 5.11 Å². The molecule has 6 nitrogen and oxygen atoms in total. The fourth-order valence-corrected chi connectivity index (χ4v) is 2.23. The van der Waals surface area contributed by atoms with Gasteiger partial charge in [-0.25, -0.2) is 4.98 Å². The first-order valence-corrected chi connectivity index (χ1v) is 6.29. The van der Waals surface area contributed by atoms with Crippen molar-refractivity contribution < 1.29 is 9.84 Å². The number of halogens is 1. The molecule has 0 bridgehead atoms. The number of imidazole rings is 1. The van der Waals surface area contributed by atoms with Gasteiger partial charge >= 0.3 is 0 Å². The number of aromatic nitrogens is 4. The van der Waals surface area contributed by atoms with E-state index in [2.05, 4.69) is 26.0 Å². The van der Waals surface area contributed by atoms with Crippen LogP contribution >= 0.6 is 15.9 Å². The molecule has 2 aromatic rings. The quantitative estimate of drug-likeness (QED) is 0.898. The van der Waals surface area contributed by atoms with Gasteiger partial charge < -0.3 is 14.4 Å². The summed E-state index contributed by atoms with van der Waals surface area (Å²) in [6.07, 6.45) is 4.30. The number of nitrogens with zero attached hydrogens (tertiary/aromatic N) is 4. The van der Waals surface area contributed by atoms with Crippen molar-refractivity contribution in [3.05, 3.63) is 34.6 Å². The highest BCUT2D eigenvalue weighted by Gasteiger charge is 2.21. The maximum Gasteiger partial charge on any atom is 0.140 e. The molecule has 1 unspecified atom stereocenters. The first-order chi connectivity index (χ1) is 8.63. The molecular weight excluding hydrogens is 300 g/mol. The number of rotatable bonds is 5. The molecule has 0 spiro atoms. The molecule has 0 aromatic carbocycles. The van der Waals surface area contributed by atoms with Crippen LogP contribution in [-0.2, 0) is 18.3 Å². The predicted molar refractivity (Wildman–Crippen MR) is 69.1 cm³/mol. The summed E-state index contributed by atoms with van der Waals surface area (Å²) in [6, 6.07) is 0. The Morgan fingerprint density at radius 1 is 1.56 bits per heavy atom. The SMILES string of the molecule is COCCn1ncc(Br)c1C(O)c1cn(C)cn1. The predicted octanol–water partition coefficient (Wildman–Crippen LogP) is 1.11. The summed E-state index contributed by atoms with van der Waals surface area (Å²) in [7, 11) is 3.49. The number of ether oxygens (including phenoxy) is 1. The molecule has 0 saturated carbocycles. The van der Waals surface area contributed by atoms with Gasteiger partial charge in [-0.15, -0.1) is 0 Å². The van der Waals surface area contributed by atoms with Crippen LogP contribution in [0.5, 0.6) is 0 Å². The zero-order chi connectivity index (χ0) is 13.1. The lowest BCUT2D eigenvalue weighted by Gasteiger charge is -2.12.